The molecule has 2 aromatic rings. The molecular formula is C16H14F2N2. The Labute approximate surface area is 116 Å². The first-order valence-corrected chi connectivity index (χ1v) is 6.30. The van der Waals surface area contributed by atoms with Crippen LogP contribution >= 0.6 is 0 Å². The van der Waals surface area contributed by atoms with Crippen LogP contribution in [0.1, 0.15) is 18.1 Å². The van der Waals surface area contributed by atoms with E-state index in [1.807, 2.05) is 32.0 Å². The Bertz CT molecular complexity index is 651. The summed E-state index contributed by atoms with van der Waals surface area (Å²) in [5.74, 6) is -1.46. The van der Waals surface area contributed by atoms with Gasteiger partial charge in [0.05, 0.1) is 11.6 Å². The fraction of sp³-hybridized carbons (Fsp3) is 0.188. The minimum atomic E-state index is -0.732. The third-order valence-corrected chi connectivity index (χ3v) is 3.05. The fourth-order valence-electron chi connectivity index (χ4n) is 2.15. The summed E-state index contributed by atoms with van der Waals surface area (Å²) < 4.78 is 28.2. The Balaban J connectivity index is 2.56. The molecule has 2 rings (SSSR count). The number of halogens is 2. The van der Waals surface area contributed by atoms with Crippen molar-refractivity contribution < 1.29 is 8.78 Å². The predicted molar refractivity (Wildman–Crippen MR) is 74.9 cm³/mol. The highest BCUT2D eigenvalue weighted by molar-refractivity contribution is 5.65. The molecule has 0 fully saturated rings. The van der Waals surface area contributed by atoms with E-state index in [4.69, 9.17) is 5.26 Å². The van der Waals surface area contributed by atoms with Gasteiger partial charge in [0.15, 0.2) is 11.6 Å². The first kappa shape index (κ1) is 14.0. The summed E-state index contributed by atoms with van der Waals surface area (Å²) >= 11 is 0. The van der Waals surface area contributed by atoms with Crippen molar-refractivity contribution in [3.05, 3.63) is 59.2 Å². The molecule has 0 amide bonds. The van der Waals surface area contributed by atoms with Crippen LogP contribution in [0.5, 0.6) is 0 Å². The van der Waals surface area contributed by atoms with E-state index < -0.39 is 11.6 Å². The maximum absolute atomic E-state index is 14.1. The van der Waals surface area contributed by atoms with E-state index in [-0.39, 0.29) is 11.3 Å². The number of hydrogen-bond donors (Lipinski definition) is 0. The lowest BCUT2D eigenvalue weighted by molar-refractivity contribution is 0.580. The molecule has 102 valence electrons. The zero-order chi connectivity index (χ0) is 14.7. The minimum absolute atomic E-state index is 0.0240. The number of rotatable bonds is 3. The van der Waals surface area contributed by atoms with Crippen molar-refractivity contribution in [1.29, 1.82) is 5.26 Å². The highest BCUT2D eigenvalue weighted by Crippen LogP contribution is 2.31. The van der Waals surface area contributed by atoms with Gasteiger partial charge in [-0.3, -0.25) is 0 Å². The molecule has 0 bridgehead atoms. The van der Waals surface area contributed by atoms with E-state index in [0.29, 0.717) is 6.54 Å². The highest BCUT2D eigenvalue weighted by atomic mass is 19.1. The topological polar surface area (TPSA) is 27.0 Å². The van der Waals surface area contributed by atoms with Crippen molar-refractivity contribution in [1.82, 2.24) is 0 Å². The monoisotopic (exact) mass is 272 g/mol. The van der Waals surface area contributed by atoms with Gasteiger partial charge in [0.1, 0.15) is 5.69 Å². The van der Waals surface area contributed by atoms with Crippen LogP contribution in [0.4, 0.5) is 20.2 Å². The van der Waals surface area contributed by atoms with Crippen LogP contribution in [-0.4, -0.2) is 6.54 Å². The third-order valence-electron chi connectivity index (χ3n) is 3.05. The number of nitriles is 1. The molecule has 0 heterocycles. The molecule has 0 radical (unpaired) electrons. The molecular weight excluding hydrogens is 258 g/mol. The second kappa shape index (κ2) is 5.70. The van der Waals surface area contributed by atoms with Crippen molar-refractivity contribution in [3.8, 4) is 6.07 Å². The average Bonchev–Trinajstić information content (AvgIpc) is 2.42. The molecule has 0 saturated carbocycles. The van der Waals surface area contributed by atoms with Crippen molar-refractivity contribution in [2.45, 2.75) is 13.8 Å². The van der Waals surface area contributed by atoms with Gasteiger partial charge in [-0.2, -0.15) is 5.26 Å². The van der Waals surface area contributed by atoms with Gasteiger partial charge in [-0.25, -0.2) is 8.78 Å². The van der Waals surface area contributed by atoms with Crippen LogP contribution in [0.15, 0.2) is 36.4 Å². The van der Waals surface area contributed by atoms with Crippen LogP contribution in [0.3, 0.4) is 0 Å². The Morgan fingerprint density at radius 1 is 1.15 bits per heavy atom. The molecule has 0 aliphatic heterocycles. The van der Waals surface area contributed by atoms with Gasteiger partial charge in [-0.05, 0) is 43.7 Å². The predicted octanol–water partition coefficient (Wildman–Crippen LogP) is 4.30. The van der Waals surface area contributed by atoms with Crippen LogP contribution in [-0.2, 0) is 0 Å². The van der Waals surface area contributed by atoms with Gasteiger partial charge in [0.25, 0.3) is 0 Å². The fourth-order valence-corrected chi connectivity index (χ4v) is 2.15. The molecule has 0 saturated heterocycles. The summed E-state index contributed by atoms with van der Waals surface area (Å²) in [7, 11) is 0. The number of aryl methyl sites for hydroxylation is 1. The van der Waals surface area contributed by atoms with Gasteiger partial charge in [-0.15, -0.1) is 0 Å². The van der Waals surface area contributed by atoms with Crippen molar-refractivity contribution in [2.24, 2.45) is 0 Å². The van der Waals surface area contributed by atoms with Gasteiger partial charge in [0, 0.05) is 12.2 Å². The normalized spacial score (nSPS) is 10.2. The Hall–Kier alpha value is -2.41. The Kier molecular flexibility index (Phi) is 3.99. The SMILES string of the molecule is CCN(c1cccc(C)c1)c1c(F)cc(C#N)cc1F. The second-order valence-electron chi connectivity index (χ2n) is 4.48. The van der Waals surface area contributed by atoms with Crippen LogP contribution in [0.2, 0.25) is 0 Å². The van der Waals surface area contributed by atoms with Crippen LogP contribution in [0.25, 0.3) is 0 Å². The second-order valence-corrected chi connectivity index (χ2v) is 4.48. The van der Waals surface area contributed by atoms with Crippen molar-refractivity contribution in [2.75, 3.05) is 11.4 Å². The largest absolute Gasteiger partial charge is 0.337 e. The van der Waals surface area contributed by atoms with E-state index in [0.717, 1.165) is 23.4 Å². The van der Waals surface area contributed by atoms with Gasteiger partial charge in [0.2, 0.25) is 0 Å². The maximum atomic E-state index is 14.1. The first-order valence-electron chi connectivity index (χ1n) is 6.30. The Morgan fingerprint density at radius 2 is 1.80 bits per heavy atom. The lowest BCUT2D eigenvalue weighted by Crippen LogP contribution is -2.19. The van der Waals surface area contributed by atoms with E-state index in [1.54, 1.807) is 17.0 Å². The summed E-state index contributed by atoms with van der Waals surface area (Å²) in [6, 6.07) is 11.3. The quantitative estimate of drug-likeness (QED) is 0.832. The molecule has 0 unspecified atom stereocenters. The summed E-state index contributed by atoms with van der Waals surface area (Å²) in [5.41, 5.74) is 1.58. The summed E-state index contributed by atoms with van der Waals surface area (Å²) in [6.07, 6.45) is 0. The molecule has 20 heavy (non-hydrogen) atoms. The van der Waals surface area contributed by atoms with Crippen LogP contribution < -0.4 is 4.90 Å². The van der Waals surface area contributed by atoms with E-state index in [1.165, 1.54) is 0 Å². The number of benzene rings is 2. The van der Waals surface area contributed by atoms with E-state index >= 15 is 0 Å². The smallest absolute Gasteiger partial charge is 0.151 e. The van der Waals surface area contributed by atoms with Gasteiger partial charge < -0.3 is 4.90 Å². The summed E-state index contributed by atoms with van der Waals surface area (Å²) in [4.78, 5) is 1.55. The zero-order valence-corrected chi connectivity index (χ0v) is 11.3. The molecule has 2 nitrogen and oxygen atoms in total. The third kappa shape index (κ3) is 2.62. The van der Waals surface area contributed by atoms with E-state index in [2.05, 4.69) is 0 Å². The molecule has 0 aliphatic rings. The number of hydrogen-bond acceptors (Lipinski definition) is 2. The maximum Gasteiger partial charge on any atom is 0.151 e. The summed E-state index contributed by atoms with van der Waals surface area (Å²) in [6.45, 7) is 4.16. The van der Waals surface area contributed by atoms with Gasteiger partial charge in [-0.1, -0.05) is 12.1 Å². The number of anilines is 2. The zero-order valence-electron chi connectivity index (χ0n) is 11.3. The molecule has 0 spiro atoms. The standard InChI is InChI=1S/C16H14F2N2/c1-3-20(13-6-4-5-11(2)7-13)16-14(17)8-12(10-19)9-15(16)18/h4-9H,3H2,1-2H3. The minimum Gasteiger partial charge on any atom is -0.337 e. The van der Waals surface area contributed by atoms with Gasteiger partial charge >= 0.3 is 0 Å². The molecule has 0 aliphatic carbocycles. The first-order chi connectivity index (χ1) is 9.56. The average molecular weight is 272 g/mol. The molecule has 2 aromatic carbocycles. The van der Waals surface area contributed by atoms with Crippen molar-refractivity contribution >= 4 is 11.4 Å². The molecule has 4 heteroatoms. The molecule has 0 N–H and O–H groups in total. The highest BCUT2D eigenvalue weighted by Gasteiger charge is 2.18. The summed E-state index contributed by atoms with van der Waals surface area (Å²) in [5, 5.41) is 8.73. The lowest BCUT2D eigenvalue weighted by Gasteiger charge is -2.24. The molecule has 0 atom stereocenters. The van der Waals surface area contributed by atoms with E-state index in [9.17, 15) is 8.78 Å². The number of nitrogens with zero attached hydrogens (tertiary/aromatic N) is 2. The Morgan fingerprint density at radius 3 is 2.30 bits per heavy atom. The lowest BCUT2D eigenvalue weighted by atomic mass is 10.1. The molecule has 0 aromatic heterocycles. The van der Waals surface area contributed by atoms with Crippen molar-refractivity contribution in [3.63, 3.8) is 0 Å². The van der Waals surface area contributed by atoms with Crippen LogP contribution in [0, 0.1) is 29.9 Å².